The van der Waals surface area contributed by atoms with E-state index in [1.807, 2.05) is 44.2 Å². The lowest BCUT2D eigenvalue weighted by molar-refractivity contribution is -0.147. The SMILES string of the molecule is C#CCCC(=O)N(NC(=O)CNC)C(Cc1ccccc1)[C@H](O)CN(CC(C)C)S(=O)(=O)c1ccc2c(c1)OCCO2. The number of rotatable bonds is 14. The molecule has 0 bridgehead atoms. The highest BCUT2D eigenvalue weighted by molar-refractivity contribution is 7.89. The third kappa shape index (κ3) is 8.93. The summed E-state index contributed by atoms with van der Waals surface area (Å²) in [6.45, 7) is 4.09. The number of carbonyl (C=O) groups excluding carboxylic acids is 2. The average molecular weight is 601 g/mol. The van der Waals surface area contributed by atoms with Gasteiger partial charge in [-0.2, -0.15) is 4.31 Å². The molecule has 0 aromatic heterocycles. The third-order valence-electron chi connectivity index (χ3n) is 6.51. The zero-order valence-electron chi connectivity index (χ0n) is 24.3. The minimum atomic E-state index is -4.11. The molecule has 12 heteroatoms. The van der Waals surface area contributed by atoms with E-state index in [2.05, 4.69) is 16.7 Å². The second kappa shape index (κ2) is 15.6. The first-order valence-corrected chi connectivity index (χ1v) is 15.3. The number of fused-ring (bicyclic) bond motifs is 1. The maximum Gasteiger partial charge on any atom is 0.252 e. The third-order valence-corrected chi connectivity index (χ3v) is 8.34. The lowest BCUT2D eigenvalue weighted by Gasteiger charge is -2.37. The topological polar surface area (TPSA) is 138 Å². The van der Waals surface area contributed by atoms with Crippen LogP contribution >= 0.6 is 0 Å². The number of likely N-dealkylation sites (N-methyl/N-ethyl adjacent to an activating group) is 1. The zero-order chi connectivity index (χ0) is 30.7. The molecule has 2 atom stereocenters. The standard InChI is InChI=1S/C30H40N4O7S/c1-5-6-12-30(37)34(32-29(36)19-31-4)25(17-23-10-8-7-9-11-23)26(35)21-33(20-22(2)3)42(38,39)24-13-14-27-28(18-24)41-16-15-40-27/h1,7-11,13-14,18,22,25-26,31,35H,6,12,15-17,19-21H2,2-4H3,(H,32,36)/t25?,26-/m1/s1. The minimum absolute atomic E-state index is 0.0107. The van der Waals surface area contributed by atoms with Crippen LogP contribution in [0.25, 0.3) is 0 Å². The van der Waals surface area contributed by atoms with Crippen LogP contribution in [0.2, 0.25) is 0 Å². The van der Waals surface area contributed by atoms with E-state index in [9.17, 15) is 23.1 Å². The molecule has 42 heavy (non-hydrogen) atoms. The number of aliphatic hydroxyl groups excluding tert-OH is 1. The van der Waals surface area contributed by atoms with Crippen molar-refractivity contribution in [3.8, 4) is 23.8 Å². The number of benzene rings is 2. The predicted octanol–water partition coefficient (Wildman–Crippen LogP) is 1.57. The number of hydrogen-bond acceptors (Lipinski definition) is 8. The molecule has 1 aliphatic rings. The molecule has 2 amide bonds. The van der Waals surface area contributed by atoms with Gasteiger partial charge in [-0.3, -0.25) is 15.0 Å². The van der Waals surface area contributed by atoms with Crippen molar-refractivity contribution in [3.63, 3.8) is 0 Å². The van der Waals surface area contributed by atoms with Gasteiger partial charge in [-0.1, -0.05) is 44.2 Å². The van der Waals surface area contributed by atoms with Crippen molar-refractivity contribution < 1.29 is 32.6 Å². The molecule has 0 saturated heterocycles. The Kier molecular flexibility index (Phi) is 12.2. The van der Waals surface area contributed by atoms with Gasteiger partial charge in [0.05, 0.1) is 23.6 Å². The fourth-order valence-electron chi connectivity index (χ4n) is 4.56. The van der Waals surface area contributed by atoms with Crippen LogP contribution in [0.1, 0.15) is 32.3 Å². The fourth-order valence-corrected chi connectivity index (χ4v) is 6.20. The Morgan fingerprint density at radius 2 is 1.76 bits per heavy atom. The van der Waals surface area contributed by atoms with E-state index in [1.54, 1.807) is 13.1 Å². The van der Waals surface area contributed by atoms with Crippen LogP contribution in [0.5, 0.6) is 11.5 Å². The number of nitrogens with one attached hydrogen (secondary N) is 2. The first kappa shape index (κ1) is 32.9. The predicted molar refractivity (Wildman–Crippen MR) is 158 cm³/mol. The van der Waals surface area contributed by atoms with E-state index >= 15 is 0 Å². The Balaban J connectivity index is 1.99. The Bertz CT molecular complexity index is 1350. The van der Waals surface area contributed by atoms with Crippen molar-refractivity contribution in [2.45, 2.75) is 50.2 Å². The molecule has 0 fully saturated rings. The molecule has 3 rings (SSSR count). The van der Waals surface area contributed by atoms with Crippen LogP contribution in [0, 0.1) is 18.3 Å². The highest BCUT2D eigenvalue weighted by atomic mass is 32.2. The number of hydrogen-bond donors (Lipinski definition) is 3. The summed E-state index contributed by atoms with van der Waals surface area (Å²) in [5.74, 6) is 2.12. The van der Waals surface area contributed by atoms with Gasteiger partial charge in [0.15, 0.2) is 11.5 Å². The summed E-state index contributed by atoms with van der Waals surface area (Å²) < 4.78 is 40.2. The lowest BCUT2D eigenvalue weighted by atomic mass is 9.99. The Labute approximate surface area is 248 Å². The highest BCUT2D eigenvalue weighted by Gasteiger charge is 2.36. The van der Waals surface area contributed by atoms with Crippen molar-refractivity contribution in [3.05, 3.63) is 54.1 Å². The van der Waals surface area contributed by atoms with Crippen LogP contribution < -0.4 is 20.2 Å². The van der Waals surface area contributed by atoms with Crippen LogP contribution in [-0.2, 0) is 26.0 Å². The van der Waals surface area contributed by atoms with Crippen molar-refractivity contribution in [2.75, 3.05) is 39.9 Å². The number of carbonyl (C=O) groups is 2. The van der Waals surface area contributed by atoms with Gasteiger partial charge < -0.3 is 19.9 Å². The summed E-state index contributed by atoms with van der Waals surface area (Å²) in [7, 11) is -2.52. The van der Waals surface area contributed by atoms with Gasteiger partial charge in [0.2, 0.25) is 15.9 Å². The average Bonchev–Trinajstić information content (AvgIpc) is 2.97. The van der Waals surface area contributed by atoms with Gasteiger partial charge in [0, 0.05) is 32.0 Å². The quantitative estimate of drug-likeness (QED) is 0.220. The normalized spacial score (nSPS) is 14.2. The van der Waals surface area contributed by atoms with Crippen LogP contribution in [0.4, 0.5) is 0 Å². The lowest BCUT2D eigenvalue weighted by Crippen LogP contribution is -2.60. The molecule has 0 spiro atoms. The monoisotopic (exact) mass is 600 g/mol. The second-order valence-corrected chi connectivity index (χ2v) is 12.3. The van der Waals surface area contributed by atoms with Gasteiger partial charge in [0.1, 0.15) is 13.2 Å². The van der Waals surface area contributed by atoms with Crippen molar-refractivity contribution in [1.82, 2.24) is 20.1 Å². The first-order chi connectivity index (χ1) is 20.1. The smallest absolute Gasteiger partial charge is 0.252 e. The molecule has 2 aromatic carbocycles. The molecular weight excluding hydrogens is 560 g/mol. The van der Waals surface area contributed by atoms with E-state index < -0.39 is 34.0 Å². The summed E-state index contributed by atoms with van der Waals surface area (Å²) in [4.78, 5) is 25.9. The number of amides is 2. The number of aliphatic hydroxyl groups is 1. The van der Waals surface area contributed by atoms with Crippen molar-refractivity contribution in [1.29, 1.82) is 0 Å². The number of ether oxygens (including phenoxy) is 2. The summed E-state index contributed by atoms with van der Waals surface area (Å²) in [6, 6.07) is 12.5. The van der Waals surface area contributed by atoms with E-state index in [0.29, 0.717) is 24.7 Å². The molecule has 0 aliphatic carbocycles. The Hall–Kier alpha value is -3.63. The highest BCUT2D eigenvalue weighted by Crippen LogP contribution is 2.33. The Morgan fingerprint density at radius 3 is 2.40 bits per heavy atom. The van der Waals surface area contributed by atoms with Gasteiger partial charge in [-0.25, -0.2) is 13.4 Å². The van der Waals surface area contributed by atoms with Crippen LogP contribution in [0.3, 0.4) is 0 Å². The number of sulfonamides is 1. The maximum absolute atomic E-state index is 13.9. The zero-order valence-corrected chi connectivity index (χ0v) is 25.1. The number of hydrazine groups is 1. The molecular formula is C30H40N4O7S. The summed E-state index contributed by atoms with van der Waals surface area (Å²) in [6.07, 6.45) is 4.20. The van der Waals surface area contributed by atoms with Crippen LogP contribution in [-0.4, -0.2) is 86.7 Å². The van der Waals surface area contributed by atoms with Gasteiger partial charge >= 0.3 is 0 Å². The molecule has 1 heterocycles. The van der Waals surface area contributed by atoms with Gasteiger partial charge in [-0.15, -0.1) is 12.3 Å². The Morgan fingerprint density at radius 1 is 1.07 bits per heavy atom. The molecule has 1 aliphatic heterocycles. The molecule has 228 valence electrons. The molecule has 1 unspecified atom stereocenters. The molecule has 0 radical (unpaired) electrons. The maximum atomic E-state index is 13.9. The summed E-state index contributed by atoms with van der Waals surface area (Å²) >= 11 is 0. The molecule has 0 saturated carbocycles. The molecule has 3 N–H and O–H groups in total. The fraction of sp³-hybridized carbons (Fsp3) is 0.467. The first-order valence-electron chi connectivity index (χ1n) is 13.9. The summed E-state index contributed by atoms with van der Waals surface area (Å²) in [5, 5.41) is 15.5. The van der Waals surface area contributed by atoms with E-state index in [-0.39, 0.29) is 49.7 Å². The van der Waals surface area contributed by atoms with Gasteiger partial charge in [0.25, 0.3) is 5.91 Å². The van der Waals surface area contributed by atoms with E-state index in [1.165, 1.54) is 16.4 Å². The molecule has 2 aromatic rings. The largest absolute Gasteiger partial charge is 0.486 e. The number of nitrogens with zero attached hydrogens (tertiary/aromatic N) is 2. The van der Waals surface area contributed by atoms with Crippen molar-refractivity contribution in [2.24, 2.45) is 5.92 Å². The van der Waals surface area contributed by atoms with E-state index in [0.717, 1.165) is 10.6 Å². The summed E-state index contributed by atoms with van der Waals surface area (Å²) in [5.41, 5.74) is 3.38. The molecule has 11 nitrogen and oxygen atoms in total. The minimum Gasteiger partial charge on any atom is -0.486 e. The second-order valence-electron chi connectivity index (χ2n) is 10.4. The number of terminal acetylenes is 1. The van der Waals surface area contributed by atoms with Crippen molar-refractivity contribution >= 4 is 21.8 Å². The van der Waals surface area contributed by atoms with Gasteiger partial charge in [-0.05, 0) is 37.1 Å². The van der Waals surface area contributed by atoms with E-state index in [4.69, 9.17) is 15.9 Å². The van der Waals surface area contributed by atoms with Crippen LogP contribution in [0.15, 0.2) is 53.4 Å².